The van der Waals surface area contributed by atoms with E-state index in [1.165, 1.54) is 0 Å². The molecule has 1 fully saturated rings. The molecule has 3 aromatic rings. The van der Waals surface area contributed by atoms with E-state index in [9.17, 15) is 9.59 Å². The molecule has 1 aromatic heterocycles. The first-order valence-electron chi connectivity index (χ1n) is 8.94. The van der Waals surface area contributed by atoms with Gasteiger partial charge in [-0.15, -0.1) is 0 Å². The van der Waals surface area contributed by atoms with Crippen LogP contribution in [0.2, 0.25) is 0 Å². The van der Waals surface area contributed by atoms with Crippen LogP contribution in [0.1, 0.15) is 12.8 Å². The maximum atomic E-state index is 12.4. The van der Waals surface area contributed by atoms with Crippen LogP contribution in [-0.4, -0.2) is 31.4 Å². The number of rotatable bonds is 4. The SMILES string of the molecule is NC(=O)[C@H]1CCC[NH+](CC(=O)Nc2ccc3oc4ccccc4c3c2)C1. The van der Waals surface area contributed by atoms with Crippen molar-refractivity contribution in [3.63, 3.8) is 0 Å². The van der Waals surface area contributed by atoms with E-state index in [-0.39, 0.29) is 17.7 Å². The Balaban J connectivity index is 1.47. The van der Waals surface area contributed by atoms with Gasteiger partial charge in [0.05, 0.1) is 19.0 Å². The normalized spacial score (nSPS) is 20.3. The van der Waals surface area contributed by atoms with Gasteiger partial charge < -0.3 is 20.4 Å². The number of carbonyl (C=O) groups excluding carboxylic acids is 2. The van der Waals surface area contributed by atoms with E-state index in [0.717, 1.165) is 51.9 Å². The minimum Gasteiger partial charge on any atom is -0.456 e. The molecule has 1 unspecified atom stereocenters. The van der Waals surface area contributed by atoms with Crippen molar-refractivity contribution in [1.29, 1.82) is 0 Å². The van der Waals surface area contributed by atoms with Crippen molar-refractivity contribution in [2.24, 2.45) is 11.7 Å². The summed E-state index contributed by atoms with van der Waals surface area (Å²) in [5, 5.41) is 4.98. The lowest BCUT2D eigenvalue weighted by Crippen LogP contribution is -3.14. The predicted molar refractivity (Wildman–Crippen MR) is 99.8 cm³/mol. The second kappa shape index (κ2) is 6.80. The quantitative estimate of drug-likeness (QED) is 0.661. The maximum absolute atomic E-state index is 12.4. The summed E-state index contributed by atoms with van der Waals surface area (Å²) >= 11 is 0. The highest BCUT2D eigenvalue weighted by atomic mass is 16.3. The molecule has 2 atom stereocenters. The van der Waals surface area contributed by atoms with E-state index in [0.29, 0.717) is 13.1 Å². The zero-order valence-electron chi connectivity index (χ0n) is 14.5. The molecule has 2 amide bonds. The molecule has 0 radical (unpaired) electrons. The minimum atomic E-state index is -0.264. The largest absolute Gasteiger partial charge is 0.456 e. The number of hydrogen-bond acceptors (Lipinski definition) is 3. The first-order chi connectivity index (χ1) is 12.6. The second-order valence-corrected chi connectivity index (χ2v) is 6.98. The van der Waals surface area contributed by atoms with Crippen molar-refractivity contribution in [2.45, 2.75) is 12.8 Å². The third-order valence-electron chi connectivity index (χ3n) is 5.09. The lowest BCUT2D eigenvalue weighted by molar-refractivity contribution is -0.899. The summed E-state index contributed by atoms with van der Waals surface area (Å²) < 4.78 is 5.81. The van der Waals surface area contributed by atoms with Crippen LogP contribution in [0.5, 0.6) is 0 Å². The average Bonchev–Trinajstić information content (AvgIpc) is 3.00. The van der Waals surface area contributed by atoms with Gasteiger partial charge in [0, 0.05) is 16.5 Å². The maximum Gasteiger partial charge on any atom is 0.279 e. The number of piperidine rings is 1. The zero-order chi connectivity index (χ0) is 18.1. The number of nitrogens with two attached hydrogens (primary N) is 1. The number of primary amides is 1. The fourth-order valence-electron chi connectivity index (χ4n) is 3.79. The number of benzene rings is 2. The fraction of sp³-hybridized carbons (Fsp3) is 0.300. The van der Waals surface area contributed by atoms with E-state index in [1.54, 1.807) is 0 Å². The summed E-state index contributed by atoms with van der Waals surface area (Å²) in [5.74, 6) is -0.447. The van der Waals surface area contributed by atoms with Gasteiger partial charge in [-0.3, -0.25) is 9.59 Å². The first kappa shape index (κ1) is 16.6. The molecule has 1 aliphatic heterocycles. The van der Waals surface area contributed by atoms with Gasteiger partial charge in [-0.25, -0.2) is 0 Å². The van der Waals surface area contributed by atoms with E-state index in [2.05, 4.69) is 5.32 Å². The van der Waals surface area contributed by atoms with Crippen LogP contribution in [0, 0.1) is 5.92 Å². The van der Waals surface area contributed by atoms with Crippen molar-refractivity contribution in [3.05, 3.63) is 42.5 Å². The topological polar surface area (TPSA) is 89.8 Å². The predicted octanol–water partition coefficient (Wildman–Crippen LogP) is 1.30. The third kappa shape index (κ3) is 3.28. The molecular weight excluding hydrogens is 330 g/mol. The van der Waals surface area contributed by atoms with E-state index in [1.807, 2.05) is 42.5 Å². The number of anilines is 1. The number of amides is 2. The van der Waals surface area contributed by atoms with Crippen molar-refractivity contribution in [3.8, 4) is 0 Å². The molecule has 0 saturated carbocycles. The fourth-order valence-corrected chi connectivity index (χ4v) is 3.79. The van der Waals surface area contributed by atoms with Crippen LogP contribution in [-0.2, 0) is 9.59 Å². The van der Waals surface area contributed by atoms with Gasteiger partial charge in [-0.1, -0.05) is 18.2 Å². The van der Waals surface area contributed by atoms with Gasteiger partial charge >= 0.3 is 0 Å². The standard InChI is InChI=1S/C20H21N3O3/c21-20(25)13-4-3-9-23(11-13)12-19(24)22-14-7-8-18-16(10-14)15-5-1-2-6-17(15)26-18/h1-2,5-8,10,13H,3-4,9,11-12H2,(H2,21,25)(H,22,24)/p+1/t13-/m0/s1. The summed E-state index contributed by atoms with van der Waals surface area (Å²) in [4.78, 5) is 24.9. The Morgan fingerprint density at radius 3 is 2.81 bits per heavy atom. The first-order valence-corrected chi connectivity index (χ1v) is 8.94. The van der Waals surface area contributed by atoms with Gasteiger partial charge in [0.25, 0.3) is 5.91 Å². The molecule has 4 N–H and O–H groups in total. The number of hydrogen-bond donors (Lipinski definition) is 3. The number of para-hydroxylation sites is 1. The molecule has 0 aliphatic carbocycles. The lowest BCUT2D eigenvalue weighted by atomic mass is 9.97. The number of furan rings is 1. The molecule has 134 valence electrons. The summed E-state index contributed by atoms with van der Waals surface area (Å²) in [6, 6.07) is 13.5. The van der Waals surface area contributed by atoms with Crippen LogP contribution in [0.3, 0.4) is 0 Å². The van der Waals surface area contributed by atoms with Gasteiger partial charge in [0.1, 0.15) is 11.2 Å². The molecule has 2 heterocycles. The number of quaternary nitrogens is 1. The zero-order valence-corrected chi connectivity index (χ0v) is 14.5. The van der Waals surface area contributed by atoms with Crippen LogP contribution in [0.25, 0.3) is 21.9 Å². The molecule has 6 nitrogen and oxygen atoms in total. The lowest BCUT2D eigenvalue weighted by Gasteiger charge is -2.27. The smallest absolute Gasteiger partial charge is 0.279 e. The Hall–Kier alpha value is -2.86. The van der Waals surface area contributed by atoms with Gasteiger partial charge in [-0.05, 0) is 37.1 Å². The molecule has 1 saturated heterocycles. The van der Waals surface area contributed by atoms with Crippen LogP contribution in [0.4, 0.5) is 5.69 Å². The average molecular weight is 352 g/mol. The van der Waals surface area contributed by atoms with Crippen LogP contribution >= 0.6 is 0 Å². The minimum absolute atomic E-state index is 0.0581. The molecule has 0 spiro atoms. The summed E-state index contributed by atoms with van der Waals surface area (Å²) in [7, 11) is 0. The molecule has 1 aliphatic rings. The summed E-state index contributed by atoms with van der Waals surface area (Å²) in [6.07, 6.45) is 1.74. The van der Waals surface area contributed by atoms with Crippen LogP contribution < -0.4 is 16.0 Å². The Bertz CT molecular complexity index is 979. The van der Waals surface area contributed by atoms with Gasteiger partial charge in [-0.2, -0.15) is 0 Å². The molecule has 6 heteroatoms. The van der Waals surface area contributed by atoms with Gasteiger partial charge in [0.15, 0.2) is 6.54 Å². The highest BCUT2D eigenvalue weighted by Crippen LogP contribution is 2.30. The van der Waals surface area contributed by atoms with E-state index in [4.69, 9.17) is 10.2 Å². The molecule has 0 bridgehead atoms. The van der Waals surface area contributed by atoms with Crippen LogP contribution in [0.15, 0.2) is 46.9 Å². The summed E-state index contributed by atoms with van der Waals surface area (Å²) in [5.41, 5.74) is 7.79. The number of likely N-dealkylation sites (tertiary alicyclic amines) is 1. The number of fused-ring (bicyclic) bond motifs is 3. The Kier molecular flexibility index (Phi) is 4.34. The monoisotopic (exact) mass is 352 g/mol. The summed E-state index contributed by atoms with van der Waals surface area (Å²) in [6.45, 7) is 1.87. The second-order valence-electron chi connectivity index (χ2n) is 6.98. The molecule has 26 heavy (non-hydrogen) atoms. The van der Waals surface area contributed by atoms with Crippen molar-refractivity contribution >= 4 is 39.4 Å². The molecular formula is C20H22N3O3+. The van der Waals surface area contributed by atoms with Gasteiger partial charge in [0.2, 0.25) is 5.91 Å². The van der Waals surface area contributed by atoms with Crippen molar-refractivity contribution in [1.82, 2.24) is 0 Å². The Morgan fingerprint density at radius 2 is 1.96 bits per heavy atom. The number of nitrogens with one attached hydrogen (secondary N) is 2. The van der Waals surface area contributed by atoms with Crippen molar-refractivity contribution < 1.29 is 18.9 Å². The van der Waals surface area contributed by atoms with E-state index < -0.39 is 0 Å². The number of carbonyl (C=O) groups is 2. The highest BCUT2D eigenvalue weighted by molar-refractivity contribution is 6.06. The van der Waals surface area contributed by atoms with E-state index >= 15 is 0 Å². The van der Waals surface area contributed by atoms with Crippen molar-refractivity contribution in [2.75, 3.05) is 25.0 Å². The molecule has 4 rings (SSSR count). The molecule has 2 aromatic carbocycles. The Morgan fingerprint density at radius 1 is 1.15 bits per heavy atom. The Labute approximate surface area is 150 Å². The highest BCUT2D eigenvalue weighted by Gasteiger charge is 2.28. The third-order valence-corrected chi connectivity index (χ3v) is 5.09.